The lowest BCUT2D eigenvalue weighted by molar-refractivity contribution is -0.167. The monoisotopic (exact) mass is 1020 g/mol. The van der Waals surface area contributed by atoms with Crippen LogP contribution in [-0.4, -0.2) is 37.2 Å². The molecule has 0 saturated carbocycles. The van der Waals surface area contributed by atoms with Crippen molar-refractivity contribution in [3.63, 3.8) is 0 Å². The van der Waals surface area contributed by atoms with Crippen LogP contribution in [0.1, 0.15) is 316 Å². The minimum absolute atomic E-state index is 0.0810. The molecule has 1 unspecified atom stereocenters. The van der Waals surface area contributed by atoms with Gasteiger partial charge in [-0.3, -0.25) is 14.4 Å². The van der Waals surface area contributed by atoms with E-state index in [0.29, 0.717) is 19.3 Å². The van der Waals surface area contributed by atoms with Crippen molar-refractivity contribution < 1.29 is 28.6 Å². The van der Waals surface area contributed by atoms with Gasteiger partial charge >= 0.3 is 17.9 Å². The topological polar surface area (TPSA) is 78.9 Å². The van der Waals surface area contributed by atoms with E-state index >= 15 is 0 Å². The summed E-state index contributed by atoms with van der Waals surface area (Å²) < 4.78 is 16.9. The van der Waals surface area contributed by atoms with Crippen molar-refractivity contribution >= 4 is 17.9 Å². The van der Waals surface area contributed by atoms with Crippen LogP contribution in [0.3, 0.4) is 0 Å². The van der Waals surface area contributed by atoms with E-state index in [-0.39, 0.29) is 31.1 Å². The number of carbonyl (C=O) groups excluding carboxylic acids is 3. The molecular formula is C67H118O6. The third-order valence-electron chi connectivity index (χ3n) is 13.7. The summed E-state index contributed by atoms with van der Waals surface area (Å²) in [5.41, 5.74) is 0. The summed E-state index contributed by atoms with van der Waals surface area (Å²) in [4.78, 5) is 38.3. The molecule has 0 aliphatic carbocycles. The van der Waals surface area contributed by atoms with Gasteiger partial charge in [0.25, 0.3) is 0 Å². The largest absolute Gasteiger partial charge is 0.462 e. The van der Waals surface area contributed by atoms with Gasteiger partial charge in [-0.15, -0.1) is 0 Å². The molecule has 0 radical (unpaired) electrons. The normalized spacial score (nSPS) is 12.5. The maximum absolute atomic E-state index is 12.9. The van der Waals surface area contributed by atoms with Gasteiger partial charge in [0, 0.05) is 19.3 Å². The predicted molar refractivity (Wildman–Crippen MR) is 316 cm³/mol. The first kappa shape index (κ1) is 69.8. The average Bonchev–Trinajstić information content (AvgIpc) is 3.39. The summed E-state index contributed by atoms with van der Waals surface area (Å²) in [5.74, 6) is -0.888. The highest BCUT2D eigenvalue weighted by Crippen LogP contribution is 2.16. The van der Waals surface area contributed by atoms with Gasteiger partial charge in [0.05, 0.1) is 0 Å². The number of rotatable bonds is 57. The Balaban J connectivity index is 4.29. The summed E-state index contributed by atoms with van der Waals surface area (Å²) in [7, 11) is 0. The van der Waals surface area contributed by atoms with Crippen LogP contribution in [0.5, 0.6) is 0 Å². The van der Waals surface area contributed by atoms with E-state index in [0.717, 1.165) is 96.3 Å². The molecule has 0 spiro atoms. The molecule has 422 valence electrons. The maximum atomic E-state index is 12.9. The number of allylic oxidation sites excluding steroid dienone is 12. The highest BCUT2D eigenvalue weighted by Gasteiger charge is 2.19. The van der Waals surface area contributed by atoms with Crippen LogP contribution < -0.4 is 0 Å². The smallest absolute Gasteiger partial charge is 0.306 e. The fourth-order valence-corrected chi connectivity index (χ4v) is 8.95. The van der Waals surface area contributed by atoms with Crippen LogP contribution in [-0.2, 0) is 28.6 Å². The molecule has 0 aromatic carbocycles. The SMILES string of the molecule is CC/C=C\C/C=C\C/C=C\CCCCCCCCCC(=O)OC(COC(=O)CCCCCCC/C=C\CCCCCC)COC(=O)CCCCCCCCCCCCCCC/C=C\C/C=C\CCCCCCC. The first-order valence-electron chi connectivity index (χ1n) is 31.4. The summed E-state index contributed by atoms with van der Waals surface area (Å²) in [6, 6.07) is 0. The third-order valence-corrected chi connectivity index (χ3v) is 13.7. The van der Waals surface area contributed by atoms with Gasteiger partial charge in [-0.25, -0.2) is 0 Å². The average molecular weight is 1020 g/mol. The molecule has 0 N–H and O–H groups in total. The Morgan fingerprint density at radius 3 is 0.863 bits per heavy atom. The Morgan fingerprint density at radius 1 is 0.288 bits per heavy atom. The first-order valence-corrected chi connectivity index (χ1v) is 31.4. The molecule has 73 heavy (non-hydrogen) atoms. The molecule has 0 heterocycles. The third kappa shape index (κ3) is 59.6. The fraction of sp³-hybridized carbons (Fsp3) is 0.776. The van der Waals surface area contributed by atoms with E-state index in [9.17, 15) is 14.4 Å². The Bertz CT molecular complexity index is 1360. The van der Waals surface area contributed by atoms with Crippen LogP contribution in [0, 0.1) is 0 Å². The number of unbranched alkanes of at least 4 members (excludes halogenated alkanes) is 34. The maximum Gasteiger partial charge on any atom is 0.306 e. The first-order chi connectivity index (χ1) is 36.0. The van der Waals surface area contributed by atoms with E-state index in [1.165, 1.54) is 180 Å². The Labute approximate surface area is 453 Å². The van der Waals surface area contributed by atoms with Gasteiger partial charge in [-0.1, -0.05) is 261 Å². The number of hydrogen-bond donors (Lipinski definition) is 0. The Morgan fingerprint density at radius 2 is 0.534 bits per heavy atom. The molecule has 0 aliphatic heterocycles. The highest BCUT2D eigenvalue weighted by molar-refractivity contribution is 5.71. The summed E-state index contributed by atoms with van der Waals surface area (Å²) in [6.07, 6.45) is 79.1. The zero-order chi connectivity index (χ0) is 52.9. The predicted octanol–water partition coefficient (Wildman–Crippen LogP) is 21.3. The molecule has 0 bridgehead atoms. The summed E-state index contributed by atoms with van der Waals surface area (Å²) >= 11 is 0. The Kier molecular flexibility index (Phi) is 58.7. The van der Waals surface area contributed by atoms with Gasteiger partial charge in [0.15, 0.2) is 6.10 Å². The molecule has 0 rings (SSSR count). The zero-order valence-electron chi connectivity index (χ0n) is 48.4. The molecule has 0 aliphatic rings. The van der Waals surface area contributed by atoms with Crippen molar-refractivity contribution in [1.29, 1.82) is 0 Å². The lowest BCUT2D eigenvalue weighted by Gasteiger charge is -2.18. The molecule has 6 heteroatoms. The van der Waals surface area contributed by atoms with E-state index in [4.69, 9.17) is 14.2 Å². The van der Waals surface area contributed by atoms with Crippen LogP contribution >= 0.6 is 0 Å². The van der Waals surface area contributed by atoms with Crippen molar-refractivity contribution in [3.05, 3.63) is 72.9 Å². The molecule has 0 amide bonds. The number of ether oxygens (including phenoxy) is 3. The molecule has 6 nitrogen and oxygen atoms in total. The van der Waals surface area contributed by atoms with Gasteiger partial charge in [0.1, 0.15) is 13.2 Å². The van der Waals surface area contributed by atoms with Gasteiger partial charge in [-0.05, 0) is 109 Å². The van der Waals surface area contributed by atoms with Crippen molar-refractivity contribution in [2.75, 3.05) is 13.2 Å². The zero-order valence-corrected chi connectivity index (χ0v) is 48.4. The summed E-state index contributed by atoms with van der Waals surface area (Å²) in [6.45, 7) is 6.52. The number of hydrogen-bond acceptors (Lipinski definition) is 6. The lowest BCUT2D eigenvalue weighted by Crippen LogP contribution is -2.30. The van der Waals surface area contributed by atoms with Crippen LogP contribution in [0.15, 0.2) is 72.9 Å². The second kappa shape index (κ2) is 61.4. The molecule has 0 aromatic rings. The van der Waals surface area contributed by atoms with Crippen molar-refractivity contribution in [1.82, 2.24) is 0 Å². The van der Waals surface area contributed by atoms with Crippen molar-refractivity contribution in [2.24, 2.45) is 0 Å². The molecular weight excluding hydrogens is 901 g/mol. The fourth-order valence-electron chi connectivity index (χ4n) is 8.95. The van der Waals surface area contributed by atoms with Crippen LogP contribution in [0.2, 0.25) is 0 Å². The standard InChI is InChI=1S/C67H118O6/c1-4-7-10-13-16-19-22-25-27-29-30-31-32-33-34-35-36-38-39-42-45-48-51-54-57-60-66(69)72-63-64(62-71-65(68)59-56-53-50-47-44-41-24-21-18-15-12-9-6-3)73-67(70)61-58-55-52-49-46-43-40-37-28-26-23-20-17-14-11-8-5-2/h8,11,17,20-22,24-26,28-30,64H,4-7,9-10,12-16,18-19,23,27,31-63H2,1-3H3/b11-8-,20-17-,24-21-,25-22-,28-26-,30-29-. The summed E-state index contributed by atoms with van der Waals surface area (Å²) in [5, 5.41) is 0. The van der Waals surface area contributed by atoms with Crippen LogP contribution in [0.25, 0.3) is 0 Å². The quantitative estimate of drug-likeness (QED) is 0.0261. The second-order valence-electron chi connectivity index (χ2n) is 20.9. The Hall–Kier alpha value is -3.15. The van der Waals surface area contributed by atoms with Crippen LogP contribution in [0.4, 0.5) is 0 Å². The number of carbonyl (C=O) groups is 3. The molecule has 0 saturated heterocycles. The van der Waals surface area contributed by atoms with Gasteiger partial charge < -0.3 is 14.2 Å². The number of esters is 3. The molecule has 1 atom stereocenters. The van der Waals surface area contributed by atoms with E-state index < -0.39 is 6.10 Å². The van der Waals surface area contributed by atoms with E-state index in [2.05, 4.69) is 93.7 Å². The highest BCUT2D eigenvalue weighted by atomic mass is 16.6. The van der Waals surface area contributed by atoms with E-state index in [1.54, 1.807) is 0 Å². The van der Waals surface area contributed by atoms with Crippen molar-refractivity contribution in [3.8, 4) is 0 Å². The minimum Gasteiger partial charge on any atom is -0.462 e. The van der Waals surface area contributed by atoms with Crippen molar-refractivity contribution in [2.45, 2.75) is 322 Å². The molecule has 0 fully saturated rings. The van der Waals surface area contributed by atoms with Gasteiger partial charge in [-0.2, -0.15) is 0 Å². The minimum atomic E-state index is -0.785. The van der Waals surface area contributed by atoms with Gasteiger partial charge in [0.2, 0.25) is 0 Å². The second-order valence-corrected chi connectivity index (χ2v) is 20.9. The van der Waals surface area contributed by atoms with E-state index in [1.807, 2.05) is 0 Å². The molecule has 0 aromatic heterocycles. The lowest BCUT2D eigenvalue weighted by atomic mass is 10.0.